The Morgan fingerprint density at radius 3 is 2.68 bits per heavy atom. The average molecular weight is 299 g/mol. The van der Waals surface area contributed by atoms with Crippen molar-refractivity contribution < 1.29 is 14.3 Å². The van der Waals surface area contributed by atoms with Crippen LogP contribution in [-0.2, 0) is 22.4 Å². The summed E-state index contributed by atoms with van der Waals surface area (Å²) < 4.78 is 6.87. The summed E-state index contributed by atoms with van der Waals surface area (Å²) in [5, 5.41) is 4.40. The normalized spacial score (nSPS) is 14.4. The fourth-order valence-electron chi connectivity index (χ4n) is 2.66. The van der Waals surface area contributed by atoms with Crippen LogP contribution < -0.4 is 5.73 Å². The molecular formula is C16H17N3O3. The molecule has 0 radical (unpaired) electrons. The number of nitrogens with zero attached hydrogens (tertiary/aromatic N) is 2. The molecule has 6 heteroatoms. The fraction of sp³-hybridized carbons (Fsp3) is 0.312. The SMILES string of the molecule is CC(OC(=O)c1nn(-c2ccccc2)c2c1CCC2)C(N)=O. The highest BCUT2D eigenvalue weighted by molar-refractivity contribution is 5.92. The minimum absolute atomic E-state index is 0.282. The number of hydrogen-bond acceptors (Lipinski definition) is 4. The van der Waals surface area contributed by atoms with Crippen LogP contribution in [0.15, 0.2) is 30.3 Å². The highest BCUT2D eigenvalue weighted by Gasteiger charge is 2.29. The molecule has 1 aliphatic carbocycles. The number of ether oxygens (including phenoxy) is 1. The topological polar surface area (TPSA) is 87.2 Å². The summed E-state index contributed by atoms with van der Waals surface area (Å²) in [6.07, 6.45) is 1.67. The van der Waals surface area contributed by atoms with Crippen LogP contribution >= 0.6 is 0 Å². The van der Waals surface area contributed by atoms with Gasteiger partial charge in [0.15, 0.2) is 11.8 Å². The molecular weight excluding hydrogens is 282 g/mol. The molecule has 1 aromatic carbocycles. The van der Waals surface area contributed by atoms with E-state index in [1.54, 1.807) is 4.68 Å². The maximum absolute atomic E-state index is 12.3. The van der Waals surface area contributed by atoms with Crippen molar-refractivity contribution in [1.29, 1.82) is 0 Å². The maximum atomic E-state index is 12.3. The minimum atomic E-state index is -0.966. The summed E-state index contributed by atoms with van der Waals surface area (Å²) in [7, 11) is 0. The third-order valence-electron chi connectivity index (χ3n) is 3.81. The van der Waals surface area contributed by atoms with Crippen molar-refractivity contribution >= 4 is 11.9 Å². The van der Waals surface area contributed by atoms with E-state index in [1.807, 2.05) is 30.3 Å². The summed E-state index contributed by atoms with van der Waals surface area (Å²) >= 11 is 0. The Kier molecular flexibility index (Phi) is 3.66. The van der Waals surface area contributed by atoms with Crippen molar-refractivity contribution in [2.75, 3.05) is 0 Å². The van der Waals surface area contributed by atoms with Crippen LogP contribution in [0.25, 0.3) is 5.69 Å². The van der Waals surface area contributed by atoms with E-state index in [9.17, 15) is 9.59 Å². The van der Waals surface area contributed by atoms with Gasteiger partial charge in [0.25, 0.3) is 5.91 Å². The first kappa shape index (κ1) is 14.3. The third kappa shape index (κ3) is 2.47. The van der Waals surface area contributed by atoms with Gasteiger partial charge in [0.2, 0.25) is 0 Å². The number of aromatic nitrogens is 2. The number of para-hydroxylation sites is 1. The second-order valence-corrected chi connectivity index (χ2v) is 5.32. The molecule has 1 atom stereocenters. The van der Waals surface area contributed by atoms with Crippen LogP contribution in [0.5, 0.6) is 0 Å². The van der Waals surface area contributed by atoms with Crippen LogP contribution in [-0.4, -0.2) is 27.8 Å². The first-order valence-electron chi connectivity index (χ1n) is 7.24. The molecule has 0 spiro atoms. The number of fused-ring (bicyclic) bond motifs is 1. The van der Waals surface area contributed by atoms with Crippen LogP contribution in [0.4, 0.5) is 0 Å². The Bertz CT molecular complexity index is 722. The standard InChI is InChI=1S/C16H17N3O3/c1-10(15(17)20)22-16(21)14-12-8-5-9-13(12)19(18-14)11-6-3-2-4-7-11/h2-4,6-7,10H,5,8-9H2,1H3,(H2,17,20). The van der Waals surface area contributed by atoms with Crippen molar-refractivity contribution in [3.63, 3.8) is 0 Å². The molecule has 0 saturated carbocycles. The number of carbonyl (C=O) groups excluding carboxylic acids is 2. The van der Waals surface area contributed by atoms with E-state index in [2.05, 4.69) is 5.10 Å². The predicted octanol–water partition coefficient (Wildman–Crippen LogP) is 1.39. The first-order valence-corrected chi connectivity index (χ1v) is 7.24. The Labute approximate surface area is 127 Å². The Hall–Kier alpha value is -2.63. The highest BCUT2D eigenvalue weighted by atomic mass is 16.5. The zero-order chi connectivity index (χ0) is 15.7. The molecule has 2 aromatic rings. The number of esters is 1. The van der Waals surface area contributed by atoms with Crippen molar-refractivity contribution in [3.05, 3.63) is 47.3 Å². The van der Waals surface area contributed by atoms with Gasteiger partial charge in [-0.05, 0) is 38.3 Å². The lowest BCUT2D eigenvalue weighted by molar-refractivity contribution is -0.125. The Balaban J connectivity index is 1.97. The molecule has 1 unspecified atom stereocenters. The van der Waals surface area contributed by atoms with E-state index >= 15 is 0 Å². The largest absolute Gasteiger partial charge is 0.448 e. The van der Waals surface area contributed by atoms with Crippen LogP contribution in [0.1, 0.15) is 35.1 Å². The Morgan fingerprint density at radius 2 is 2.00 bits per heavy atom. The van der Waals surface area contributed by atoms with E-state index < -0.39 is 18.0 Å². The number of carbonyl (C=O) groups is 2. The third-order valence-corrected chi connectivity index (χ3v) is 3.81. The highest BCUT2D eigenvalue weighted by Crippen LogP contribution is 2.28. The second kappa shape index (κ2) is 5.63. The number of benzene rings is 1. The summed E-state index contributed by atoms with van der Waals surface area (Å²) in [5.41, 5.74) is 8.26. The van der Waals surface area contributed by atoms with Crippen molar-refractivity contribution in [1.82, 2.24) is 9.78 Å². The molecule has 0 bridgehead atoms. The van der Waals surface area contributed by atoms with E-state index in [0.29, 0.717) is 0 Å². The Morgan fingerprint density at radius 1 is 1.27 bits per heavy atom. The molecule has 1 heterocycles. The summed E-state index contributed by atoms with van der Waals surface area (Å²) in [6, 6.07) is 9.65. The van der Waals surface area contributed by atoms with E-state index in [4.69, 9.17) is 10.5 Å². The van der Waals surface area contributed by atoms with Crippen molar-refractivity contribution in [2.24, 2.45) is 5.73 Å². The van der Waals surface area contributed by atoms with Crippen molar-refractivity contribution in [3.8, 4) is 5.69 Å². The van der Waals surface area contributed by atoms with Gasteiger partial charge in [-0.1, -0.05) is 18.2 Å². The summed E-state index contributed by atoms with van der Waals surface area (Å²) in [6.45, 7) is 1.45. The molecule has 6 nitrogen and oxygen atoms in total. The maximum Gasteiger partial charge on any atom is 0.359 e. The van der Waals surface area contributed by atoms with Gasteiger partial charge in [0.05, 0.1) is 5.69 Å². The number of primary amides is 1. The van der Waals surface area contributed by atoms with Gasteiger partial charge >= 0.3 is 5.97 Å². The molecule has 0 fully saturated rings. The van der Waals surface area contributed by atoms with E-state index in [1.165, 1.54) is 6.92 Å². The molecule has 1 aromatic heterocycles. The number of amides is 1. The quantitative estimate of drug-likeness (QED) is 0.864. The van der Waals surface area contributed by atoms with Crippen LogP contribution in [0.2, 0.25) is 0 Å². The molecule has 3 rings (SSSR count). The monoisotopic (exact) mass is 299 g/mol. The van der Waals surface area contributed by atoms with Gasteiger partial charge in [0, 0.05) is 11.3 Å². The number of nitrogens with two attached hydrogens (primary N) is 1. The van der Waals surface area contributed by atoms with Gasteiger partial charge < -0.3 is 10.5 Å². The van der Waals surface area contributed by atoms with Gasteiger partial charge in [0.1, 0.15) is 0 Å². The lowest BCUT2D eigenvalue weighted by atomic mass is 10.2. The van der Waals surface area contributed by atoms with Gasteiger partial charge in [-0.25, -0.2) is 9.48 Å². The molecule has 114 valence electrons. The molecule has 1 amide bonds. The second-order valence-electron chi connectivity index (χ2n) is 5.32. The lowest BCUT2D eigenvalue weighted by Crippen LogP contribution is -2.30. The number of hydrogen-bond donors (Lipinski definition) is 1. The molecule has 0 aliphatic heterocycles. The van der Waals surface area contributed by atoms with Gasteiger partial charge in [-0.3, -0.25) is 4.79 Å². The molecule has 0 saturated heterocycles. The zero-order valence-corrected chi connectivity index (χ0v) is 12.3. The van der Waals surface area contributed by atoms with Crippen LogP contribution in [0.3, 0.4) is 0 Å². The molecule has 2 N–H and O–H groups in total. The lowest BCUT2D eigenvalue weighted by Gasteiger charge is -2.08. The first-order chi connectivity index (χ1) is 10.6. The molecule has 1 aliphatic rings. The summed E-state index contributed by atoms with van der Waals surface area (Å²) in [4.78, 5) is 23.3. The summed E-state index contributed by atoms with van der Waals surface area (Å²) in [5.74, 6) is -1.27. The van der Waals surface area contributed by atoms with E-state index in [0.717, 1.165) is 36.2 Å². The molecule has 22 heavy (non-hydrogen) atoms. The fourth-order valence-corrected chi connectivity index (χ4v) is 2.66. The van der Waals surface area contributed by atoms with Gasteiger partial charge in [-0.15, -0.1) is 0 Å². The predicted molar refractivity (Wildman–Crippen MR) is 79.7 cm³/mol. The van der Waals surface area contributed by atoms with Crippen molar-refractivity contribution in [2.45, 2.75) is 32.3 Å². The van der Waals surface area contributed by atoms with Gasteiger partial charge in [-0.2, -0.15) is 5.10 Å². The number of rotatable bonds is 4. The van der Waals surface area contributed by atoms with Crippen LogP contribution in [0, 0.1) is 0 Å². The zero-order valence-electron chi connectivity index (χ0n) is 12.3. The average Bonchev–Trinajstić information content (AvgIpc) is 3.09. The minimum Gasteiger partial charge on any atom is -0.448 e. The smallest absolute Gasteiger partial charge is 0.359 e. The van der Waals surface area contributed by atoms with E-state index in [-0.39, 0.29) is 5.69 Å².